The molecule has 0 radical (unpaired) electrons. The molecule has 7 heteroatoms. The van der Waals surface area contributed by atoms with Gasteiger partial charge >= 0.3 is 51.4 Å². The molecule has 0 atom stereocenters. The Morgan fingerprint density at radius 2 is 1.69 bits per heavy atom. The second-order valence-corrected chi connectivity index (χ2v) is 3.47. The van der Waals surface area contributed by atoms with E-state index in [2.05, 4.69) is 0 Å². The number of carbonyl (C=O) groups is 2. The fourth-order valence-corrected chi connectivity index (χ4v) is 1.28. The maximum atomic E-state index is 10.7. The summed E-state index contributed by atoms with van der Waals surface area (Å²) in [6, 6.07) is 0. The zero-order valence-electron chi connectivity index (χ0n) is 5.72. The van der Waals surface area contributed by atoms with Crippen molar-refractivity contribution < 1.29 is 22.6 Å². The third-order valence-corrected chi connectivity index (χ3v) is 2.07. The molecule has 0 aromatic heterocycles. The number of carbonyl (C=O) groups excluding carboxylic acids is 2. The van der Waals surface area contributed by atoms with Crippen molar-refractivity contribution >= 4 is 73.1 Å². The first kappa shape index (κ1) is 13.4. The molecule has 66 valence electrons. The van der Waals surface area contributed by atoms with Crippen LogP contribution in [0, 0.1) is 0 Å². The van der Waals surface area contributed by atoms with Crippen molar-refractivity contribution in [2.24, 2.45) is 0 Å². The Bertz CT molecular complexity index is 403. The van der Waals surface area contributed by atoms with Gasteiger partial charge in [-0.05, 0) is 12.2 Å². The third-order valence-electron chi connectivity index (χ3n) is 1.19. The van der Waals surface area contributed by atoms with E-state index in [1.807, 2.05) is 0 Å². The van der Waals surface area contributed by atoms with E-state index in [1.54, 1.807) is 0 Å². The van der Waals surface area contributed by atoms with Gasteiger partial charge in [0.25, 0.3) is 10.1 Å². The van der Waals surface area contributed by atoms with Gasteiger partial charge in [-0.3, -0.25) is 14.1 Å². The Labute approximate surface area is 117 Å². The molecule has 0 saturated carbocycles. The van der Waals surface area contributed by atoms with E-state index in [0.29, 0.717) is 6.08 Å². The predicted molar refractivity (Wildman–Crippen MR) is 45.9 cm³/mol. The van der Waals surface area contributed by atoms with Crippen LogP contribution in [0.5, 0.6) is 0 Å². The van der Waals surface area contributed by atoms with E-state index in [0.717, 1.165) is 12.2 Å². The standard InChI is InChI=1S/C6H4O5S.K.H/c7-4-1-2-5(8)6(3-4)12(9,10)11;;/h1-3H,(H,9,10,11);;. The summed E-state index contributed by atoms with van der Waals surface area (Å²) in [5.74, 6) is -1.53. The van der Waals surface area contributed by atoms with Crippen LogP contribution < -0.4 is 0 Å². The van der Waals surface area contributed by atoms with Crippen molar-refractivity contribution in [3.8, 4) is 0 Å². The molecular weight excluding hydrogens is 223 g/mol. The summed E-state index contributed by atoms with van der Waals surface area (Å²) in [6.07, 6.45) is 2.31. The van der Waals surface area contributed by atoms with Crippen LogP contribution in [0.4, 0.5) is 0 Å². The molecular formula is C6H5KO5S. The Hall–Kier alpha value is 0.366. The van der Waals surface area contributed by atoms with Gasteiger partial charge in [0.1, 0.15) is 4.91 Å². The van der Waals surface area contributed by atoms with Crippen LogP contribution in [-0.2, 0) is 19.7 Å². The fraction of sp³-hybridized carbons (Fsp3) is 0. The monoisotopic (exact) mass is 228 g/mol. The van der Waals surface area contributed by atoms with Gasteiger partial charge in [0.05, 0.1) is 0 Å². The van der Waals surface area contributed by atoms with Crippen LogP contribution in [0.1, 0.15) is 0 Å². The molecule has 0 aromatic rings. The molecule has 13 heavy (non-hydrogen) atoms. The van der Waals surface area contributed by atoms with Crippen LogP contribution in [0.3, 0.4) is 0 Å². The van der Waals surface area contributed by atoms with Gasteiger partial charge in [0.15, 0.2) is 11.6 Å². The van der Waals surface area contributed by atoms with Crippen LogP contribution in [0.15, 0.2) is 23.1 Å². The molecule has 0 heterocycles. The number of ketones is 2. The Morgan fingerprint density at radius 3 is 2.08 bits per heavy atom. The summed E-state index contributed by atoms with van der Waals surface area (Å²) in [7, 11) is -4.57. The first-order valence-corrected chi connectivity index (χ1v) is 4.31. The van der Waals surface area contributed by atoms with E-state index in [9.17, 15) is 18.0 Å². The van der Waals surface area contributed by atoms with Crippen LogP contribution in [0.2, 0.25) is 0 Å². The van der Waals surface area contributed by atoms with Crippen LogP contribution >= 0.6 is 0 Å². The summed E-state index contributed by atoms with van der Waals surface area (Å²) >= 11 is 0. The molecule has 1 rings (SSSR count). The van der Waals surface area contributed by atoms with Crippen LogP contribution in [-0.4, -0.2) is 75.9 Å². The average Bonchev–Trinajstić information content (AvgIpc) is 1.92. The Morgan fingerprint density at radius 1 is 1.15 bits per heavy atom. The number of hydrogen-bond acceptors (Lipinski definition) is 4. The SMILES string of the molecule is O=C1C=CC(=O)C(S(=O)(=O)O)=C1.[KH]. The quantitative estimate of drug-likeness (QED) is 0.346. The predicted octanol–water partition coefficient (Wildman–Crippen LogP) is -1.18. The van der Waals surface area contributed by atoms with Crippen LogP contribution in [0.25, 0.3) is 0 Å². The maximum absolute atomic E-state index is 10.7. The fourth-order valence-electron chi connectivity index (χ4n) is 0.690. The first-order chi connectivity index (χ1) is 5.41. The van der Waals surface area contributed by atoms with E-state index < -0.39 is 26.6 Å². The molecule has 1 aliphatic carbocycles. The van der Waals surface area contributed by atoms with Crippen molar-refractivity contribution in [1.29, 1.82) is 0 Å². The van der Waals surface area contributed by atoms with Gasteiger partial charge < -0.3 is 0 Å². The van der Waals surface area contributed by atoms with E-state index >= 15 is 0 Å². The average molecular weight is 228 g/mol. The number of allylic oxidation sites excluding steroid dienone is 4. The molecule has 5 nitrogen and oxygen atoms in total. The van der Waals surface area contributed by atoms with Crippen molar-refractivity contribution in [3.63, 3.8) is 0 Å². The molecule has 0 aromatic carbocycles. The molecule has 0 spiro atoms. The van der Waals surface area contributed by atoms with Gasteiger partial charge in [0.2, 0.25) is 0 Å². The van der Waals surface area contributed by atoms with E-state index in [-0.39, 0.29) is 51.4 Å². The van der Waals surface area contributed by atoms with Gasteiger partial charge in [-0.1, -0.05) is 0 Å². The molecule has 0 fully saturated rings. The molecule has 0 bridgehead atoms. The molecule has 0 unspecified atom stereocenters. The summed E-state index contributed by atoms with van der Waals surface area (Å²) in [5, 5.41) is 0. The van der Waals surface area contributed by atoms with Gasteiger partial charge in [-0.2, -0.15) is 8.42 Å². The van der Waals surface area contributed by atoms with Crippen molar-refractivity contribution in [1.82, 2.24) is 0 Å². The first-order valence-electron chi connectivity index (χ1n) is 2.87. The summed E-state index contributed by atoms with van der Waals surface area (Å²) in [5.41, 5.74) is 0. The summed E-state index contributed by atoms with van der Waals surface area (Å²) in [4.78, 5) is 20.4. The minimum absolute atomic E-state index is 0. The van der Waals surface area contributed by atoms with E-state index in [4.69, 9.17) is 4.55 Å². The second-order valence-electron chi connectivity index (χ2n) is 2.08. The van der Waals surface area contributed by atoms with Gasteiger partial charge in [-0.25, -0.2) is 0 Å². The number of hydrogen-bond donors (Lipinski definition) is 1. The Balaban J connectivity index is 0.00000144. The minimum atomic E-state index is -4.57. The Kier molecular flexibility index (Phi) is 4.87. The topological polar surface area (TPSA) is 88.5 Å². The second kappa shape index (κ2) is 4.74. The van der Waals surface area contributed by atoms with E-state index in [1.165, 1.54) is 0 Å². The third kappa shape index (κ3) is 3.54. The number of rotatable bonds is 1. The van der Waals surface area contributed by atoms with Crippen molar-refractivity contribution in [2.45, 2.75) is 0 Å². The zero-order valence-corrected chi connectivity index (χ0v) is 6.54. The molecule has 1 aliphatic rings. The van der Waals surface area contributed by atoms with Crippen molar-refractivity contribution in [3.05, 3.63) is 23.1 Å². The molecule has 1 N–H and O–H groups in total. The van der Waals surface area contributed by atoms with Gasteiger partial charge in [-0.15, -0.1) is 0 Å². The summed E-state index contributed by atoms with van der Waals surface area (Å²) < 4.78 is 29.3. The molecule has 0 saturated heterocycles. The van der Waals surface area contributed by atoms with Gasteiger partial charge in [0, 0.05) is 6.08 Å². The molecule has 0 amide bonds. The summed E-state index contributed by atoms with van der Waals surface area (Å²) in [6.45, 7) is 0. The zero-order chi connectivity index (χ0) is 9.35. The van der Waals surface area contributed by atoms with Crippen molar-refractivity contribution in [2.75, 3.05) is 0 Å². The molecule has 0 aliphatic heterocycles. The normalized spacial score (nSPS) is 16.5.